The maximum atomic E-state index is 6.11. The SMILES string of the molecule is C[C@@]1(c2cnc(Cl)nc2N2CCOCC2)CCCC2(CC2)C1. The van der Waals surface area contributed by atoms with Gasteiger partial charge in [-0.05, 0) is 54.5 Å². The first-order chi connectivity index (χ1) is 10.6. The van der Waals surface area contributed by atoms with Crippen molar-refractivity contribution < 1.29 is 4.74 Å². The van der Waals surface area contributed by atoms with Gasteiger partial charge < -0.3 is 9.64 Å². The summed E-state index contributed by atoms with van der Waals surface area (Å²) in [5.74, 6) is 1.04. The van der Waals surface area contributed by atoms with Crippen molar-refractivity contribution in [2.24, 2.45) is 5.41 Å². The highest BCUT2D eigenvalue weighted by Gasteiger charge is 2.51. The Hall–Kier alpha value is -0.870. The van der Waals surface area contributed by atoms with Crippen molar-refractivity contribution in [2.75, 3.05) is 31.2 Å². The van der Waals surface area contributed by atoms with Crippen LogP contribution in [0.25, 0.3) is 0 Å². The summed E-state index contributed by atoms with van der Waals surface area (Å²) in [6, 6.07) is 0. The highest BCUT2D eigenvalue weighted by molar-refractivity contribution is 6.28. The van der Waals surface area contributed by atoms with E-state index in [4.69, 9.17) is 16.3 Å². The van der Waals surface area contributed by atoms with Gasteiger partial charge in [0, 0.05) is 24.8 Å². The molecule has 22 heavy (non-hydrogen) atoms. The first-order valence-electron chi connectivity index (χ1n) is 8.46. The normalized spacial score (nSPS) is 30.5. The average molecular weight is 322 g/mol. The molecule has 0 aromatic carbocycles. The second-order valence-corrected chi connectivity index (χ2v) is 7.90. The summed E-state index contributed by atoms with van der Waals surface area (Å²) in [6.07, 6.45) is 10.0. The number of hydrogen-bond donors (Lipinski definition) is 0. The lowest BCUT2D eigenvalue weighted by atomic mass is 9.66. The molecule has 4 nitrogen and oxygen atoms in total. The number of anilines is 1. The Kier molecular flexibility index (Phi) is 3.57. The maximum absolute atomic E-state index is 6.11. The van der Waals surface area contributed by atoms with Gasteiger partial charge in [0.15, 0.2) is 0 Å². The van der Waals surface area contributed by atoms with Gasteiger partial charge in [0.05, 0.1) is 13.2 Å². The van der Waals surface area contributed by atoms with Crippen molar-refractivity contribution in [2.45, 2.75) is 50.9 Å². The average Bonchev–Trinajstić information content (AvgIpc) is 3.26. The summed E-state index contributed by atoms with van der Waals surface area (Å²) in [4.78, 5) is 11.3. The van der Waals surface area contributed by atoms with Crippen LogP contribution in [0.4, 0.5) is 5.82 Å². The molecule has 1 atom stereocenters. The van der Waals surface area contributed by atoms with Crippen molar-refractivity contribution in [1.29, 1.82) is 0 Å². The second kappa shape index (κ2) is 5.34. The van der Waals surface area contributed by atoms with Crippen LogP contribution in [0.2, 0.25) is 5.28 Å². The molecule has 0 N–H and O–H groups in total. The lowest BCUT2D eigenvalue weighted by molar-refractivity contribution is 0.122. The van der Waals surface area contributed by atoms with Crippen molar-refractivity contribution in [3.63, 3.8) is 0 Å². The van der Waals surface area contributed by atoms with Crippen LogP contribution in [-0.2, 0) is 10.2 Å². The number of nitrogens with zero attached hydrogens (tertiary/aromatic N) is 3. The topological polar surface area (TPSA) is 38.2 Å². The van der Waals surface area contributed by atoms with Crippen LogP contribution in [0.3, 0.4) is 0 Å². The fourth-order valence-corrected chi connectivity index (χ4v) is 4.61. The number of morpholine rings is 1. The third-order valence-corrected chi connectivity index (χ3v) is 6.04. The van der Waals surface area contributed by atoms with Gasteiger partial charge in [-0.2, -0.15) is 0 Å². The molecule has 3 aliphatic rings. The number of rotatable bonds is 2. The zero-order valence-electron chi connectivity index (χ0n) is 13.3. The number of ether oxygens (including phenoxy) is 1. The van der Waals surface area contributed by atoms with E-state index in [0.717, 1.165) is 32.1 Å². The molecule has 4 rings (SSSR count). The third-order valence-electron chi connectivity index (χ3n) is 5.86. The Morgan fingerprint density at radius 2 is 1.95 bits per heavy atom. The molecular formula is C17H24ClN3O. The monoisotopic (exact) mass is 321 g/mol. The van der Waals surface area contributed by atoms with Gasteiger partial charge in [-0.15, -0.1) is 0 Å². The molecule has 120 valence electrons. The van der Waals surface area contributed by atoms with Gasteiger partial charge in [-0.3, -0.25) is 0 Å². The standard InChI is InChI=1S/C17H24ClN3O/c1-16(3-2-4-17(12-16)5-6-17)13-11-19-15(18)20-14(13)21-7-9-22-10-8-21/h11H,2-10,12H2,1H3/t16-/m1/s1. The van der Waals surface area contributed by atoms with E-state index in [-0.39, 0.29) is 5.41 Å². The molecule has 5 heteroatoms. The highest BCUT2D eigenvalue weighted by atomic mass is 35.5. The van der Waals surface area contributed by atoms with Gasteiger partial charge in [0.2, 0.25) is 5.28 Å². The maximum Gasteiger partial charge on any atom is 0.224 e. The van der Waals surface area contributed by atoms with E-state index >= 15 is 0 Å². The fourth-order valence-electron chi connectivity index (χ4n) is 4.49. The van der Waals surface area contributed by atoms with E-state index in [9.17, 15) is 0 Å². The number of halogens is 1. The van der Waals surface area contributed by atoms with Crippen LogP contribution in [0.1, 0.15) is 51.0 Å². The van der Waals surface area contributed by atoms with Gasteiger partial charge in [-0.1, -0.05) is 13.3 Å². The number of hydrogen-bond acceptors (Lipinski definition) is 4. The van der Waals surface area contributed by atoms with E-state index in [2.05, 4.69) is 21.8 Å². The molecule has 2 aliphatic carbocycles. The lowest BCUT2D eigenvalue weighted by Crippen LogP contribution is -2.40. The van der Waals surface area contributed by atoms with Crippen LogP contribution in [0.5, 0.6) is 0 Å². The van der Waals surface area contributed by atoms with Gasteiger partial charge in [0.25, 0.3) is 0 Å². The largest absolute Gasteiger partial charge is 0.378 e. The van der Waals surface area contributed by atoms with Gasteiger partial charge >= 0.3 is 0 Å². The van der Waals surface area contributed by atoms with E-state index in [1.165, 1.54) is 44.1 Å². The molecular weight excluding hydrogens is 298 g/mol. The van der Waals surface area contributed by atoms with Crippen molar-refractivity contribution in [1.82, 2.24) is 9.97 Å². The Morgan fingerprint density at radius 3 is 2.68 bits per heavy atom. The molecule has 0 radical (unpaired) electrons. The zero-order valence-corrected chi connectivity index (χ0v) is 14.0. The van der Waals surface area contributed by atoms with E-state index in [1.807, 2.05) is 6.20 Å². The predicted molar refractivity (Wildman–Crippen MR) is 87.6 cm³/mol. The van der Waals surface area contributed by atoms with Crippen LogP contribution in [0.15, 0.2) is 6.20 Å². The molecule has 3 fully saturated rings. The minimum Gasteiger partial charge on any atom is -0.378 e. The van der Waals surface area contributed by atoms with E-state index in [0.29, 0.717) is 10.7 Å². The van der Waals surface area contributed by atoms with E-state index in [1.54, 1.807) is 0 Å². The summed E-state index contributed by atoms with van der Waals surface area (Å²) in [7, 11) is 0. The van der Waals surface area contributed by atoms with Crippen molar-refractivity contribution in [3.05, 3.63) is 17.0 Å². The molecule has 0 bridgehead atoms. The molecule has 2 saturated carbocycles. The Labute approximate surface area is 137 Å². The number of aromatic nitrogens is 2. The minimum absolute atomic E-state index is 0.187. The zero-order chi connectivity index (χ0) is 15.2. The van der Waals surface area contributed by atoms with Gasteiger partial charge in [-0.25, -0.2) is 9.97 Å². The first kappa shape index (κ1) is 14.7. The minimum atomic E-state index is 0.187. The van der Waals surface area contributed by atoms with Crippen LogP contribution >= 0.6 is 11.6 Å². The molecule has 1 spiro atoms. The molecule has 1 aromatic rings. The molecule has 1 aromatic heterocycles. The molecule has 0 amide bonds. The second-order valence-electron chi connectivity index (χ2n) is 7.57. The highest BCUT2D eigenvalue weighted by Crippen LogP contribution is 2.61. The fraction of sp³-hybridized carbons (Fsp3) is 0.765. The van der Waals surface area contributed by atoms with Crippen LogP contribution in [-0.4, -0.2) is 36.3 Å². The predicted octanol–water partition coefficient (Wildman–Crippen LogP) is 3.58. The van der Waals surface area contributed by atoms with Crippen LogP contribution in [0, 0.1) is 5.41 Å². The molecule has 1 saturated heterocycles. The van der Waals surface area contributed by atoms with E-state index < -0.39 is 0 Å². The summed E-state index contributed by atoms with van der Waals surface area (Å²) in [6.45, 7) is 5.72. The quantitative estimate of drug-likeness (QED) is 0.780. The summed E-state index contributed by atoms with van der Waals surface area (Å²) < 4.78 is 5.49. The Bertz CT molecular complexity index is 569. The Morgan fingerprint density at radius 1 is 1.18 bits per heavy atom. The third kappa shape index (κ3) is 2.61. The van der Waals surface area contributed by atoms with Crippen molar-refractivity contribution in [3.8, 4) is 0 Å². The Balaban J connectivity index is 1.70. The first-order valence-corrected chi connectivity index (χ1v) is 8.84. The van der Waals surface area contributed by atoms with Crippen LogP contribution < -0.4 is 4.90 Å². The van der Waals surface area contributed by atoms with Crippen molar-refractivity contribution >= 4 is 17.4 Å². The molecule has 0 unspecified atom stereocenters. The summed E-state index contributed by atoms with van der Waals surface area (Å²) >= 11 is 6.11. The van der Waals surface area contributed by atoms with Gasteiger partial charge in [0.1, 0.15) is 5.82 Å². The smallest absolute Gasteiger partial charge is 0.224 e. The molecule has 1 aliphatic heterocycles. The lowest BCUT2D eigenvalue weighted by Gasteiger charge is -2.41. The summed E-state index contributed by atoms with van der Waals surface area (Å²) in [5, 5.41) is 0.353. The summed E-state index contributed by atoms with van der Waals surface area (Å²) in [5.41, 5.74) is 2.10. The molecule has 2 heterocycles.